The van der Waals surface area contributed by atoms with Crippen molar-refractivity contribution in [2.24, 2.45) is 0 Å². The summed E-state index contributed by atoms with van der Waals surface area (Å²) in [4.78, 5) is 21.8. The van der Waals surface area contributed by atoms with Gasteiger partial charge in [0, 0.05) is 42.7 Å². The number of aromatic nitrogens is 5. The van der Waals surface area contributed by atoms with Crippen LogP contribution >= 0.6 is 0 Å². The molecule has 6 rings (SSSR count). The predicted octanol–water partition coefficient (Wildman–Crippen LogP) is 3.56. The second-order valence-corrected chi connectivity index (χ2v) is 12.1. The number of nitrogens with one attached hydrogen (secondary N) is 2. The van der Waals surface area contributed by atoms with Crippen molar-refractivity contribution in [3.63, 3.8) is 0 Å². The summed E-state index contributed by atoms with van der Waals surface area (Å²) in [5.41, 5.74) is 9.56. The molecule has 11 nitrogen and oxygen atoms in total. The van der Waals surface area contributed by atoms with E-state index in [0.717, 1.165) is 36.8 Å². The number of hydrogen-bond donors (Lipinski definition) is 3. The van der Waals surface area contributed by atoms with Crippen molar-refractivity contribution in [3.8, 4) is 39.8 Å². The topological polar surface area (TPSA) is 152 Å². The van der Waals surface area contributed by atoms with Crippen LogP contribution in [0.15, 0.2) is 54.9 Å². The van der Waals surface area contributed by atoms with Gasteiger partial charge < -0.3 is 20.8 Å². The third kappa shape index (κ3) is 5.17. The number of anilines is 2. The van der Waals surface area contributed by atoms with Crippen molar-refractivity contribution in [2.45, 2.75) is 37.0 Å². The zero-order chi connectivity index (χ0) is 27.0. The van der Waals surface area contributed by atoms with Crippen molar-refractivity contribution in [1.82, 2.24) is 29.2 Å². The van der Waals surface area contributed by atoms with Crippen molar-refractivity contribution < 1.29 is 13.2 Å². The van der Waals surface area contributed by atoms with Gasteiger partial charge in [0.15, 0.2) is 11.6 Å². The number of hydrogen-bond acceptors (Lipinski definition) is 9. The number of pyridine rings is 1. The van der Waals surface area contributed by atoms with Crippen molar-refractivity contribution >= 4 is 21.8 Å². The number of ether oxygens (including phenoxy) is 1. The number of aromatic amines is 1. The molecule has 2 aliphatic rings. The van der Waals surface area contributed by atoms with Gasteiger partial charge in [-0.25, -0.2) is 28.4 Å². The van der Waals surface area contributed by atoms with Gasteiger partial charge in [-0.05, 0) is 37.8 Å². The second-order valence-electron chi connectivity index (χ2n) is 9.84. The maximum absolute atomic E-state index is 12.8. The Morgan fingerprint density at radius 2 is 1.90 bits per heavy atom. The zero-order valence-corrected chi connectivity index (χ0v) is 22.4. The molecule has 0 spiro atoms. The van der Waals surface area contributed by atoms with Crippen LogP contribution in [0.2, 0.25) is 0 Å². The number of piperidine rings is 1. The summed E-state index contributed by atoms with van der Waals surface area (Å²) in [6, 6.07) is 13.3. The Morgan fingerprint density at radius 3 is 2.67 bits per heavy atom. The maximum Gasteiger partial charge on any atom is 0.223 e. The van der Waals surface area contributed by atoms with Gasteiger partial charge in [-0.3, -0.25) is 0 Å². The van der Waals surface area contributed by atoms with E-state index in [2.05, 4.69) is 20.3 Å². The molecule has 202 valence electrons. The number of nitrogen functional groups attached to an aromatic ring is 1. The average Bonchev–Trinajstić information content (AvgIpc) is 3.74. The van der Waals surface area contributed by atoms with Crippen LogP contribution in [0.1, 0.15) is 25.7 Å². The fourth-order valence-electron chi connectivity index (χ4n) is 4.87. The third-order valence-corrected chi connectivity index (χ3v) is 9.43. The Bertz CT molecular complexity index is 1590. The standard InChI is InChI=1S/C27H30N8O3S/c1-38-22-14-18(15-30-25(22)28)23-24(34-26(33-23)17-6-3-2-4-7-17)21-11-12-29-27(32-21)31-19-8-5-13-35(16-19)39(36,37)20-9-10-20/h2-4,6-7,11-12,14-15,19-20H,5,8-10,13,16H2,1H3,(H2,28,30)(H,33,34)(H,29,31,32)/t19-/m1/s1. The Morgan fingerprint density at radius 1 is 1.08 bits per heavy atom. The van der Waals surface area contributed by atoms with Gasteiger partial charge in [0.2, 0.25) is 16.0 Å². The van der Waals surface area contributed by atoms with Gasteiger partial charge in [0.25, 0.3) is 0 Å². The molecule has 3 aromatic heterocycles. The normalized spacial score (nSPS) is 18.1. The molecular weight excluding hydrogens is 516 g/mol. The summed E-state index contributed by atoms with van der Waals surface area (Å²) in [7, 11) is -1.67. The molecule has 2 fully saturated rings. The molecule has 4 heterocycles. The highest BCUT2D eigenvalue weighted by Crippen LogP contribution is 2.35. The lowest BCUT2D eigenvalue weighted by atomic mass is 10.1. The van der Waals surface area contributed by atoms with Gasteiger partial charge in [-0.2, -0.15) is 4.31 Å². The third-order valence-electron chi connectivity index (χ3n) is 7.06. The van der Waals surface area contributed by atoms with Crippen LogP contribution < -0.4 is 15.8 Å². The minimum absolute atomic E-state index is 0.0772. The van der Waals surface area contributed by atoms with E-state index in [1.807, 2.05) is 36.4 Å². The first-order valence-corrected chi connectivity index (χ1v) is 14.5. The number of benzene rings is 1. The summed E-state index contributed by atoms with van der Waals surface area (Å²) in [5.74, 6) is 1.86. The number of H-pyrrole nitrogens is 1. The molecule has 0 unspecified atom stereocenters. The summed E-state index contributed by atoms with van der Waals surface area (Å²) in [6.45, 7) is 0.977. The summed E-state index contributed by atoms with van der Waals surface area (Å²) in [5, 5.41) is 3.15. The fraction of sp³-hybridized carbons (Fsp3) is 0.333. The Labute approximate surface area is 226 Å². The minimum atomic E-state index is -3.22. The van der Waals surface area contributed by atoms with Crippen LogP contribution in [0, 0.1) is 0 Å². The van der Waals surface area contributed by atoms with E-state index < -0.39 is 10.0 Å². The summed E-state index contributed by atoms with van der Waals surface area (Å²) >= 11 is 0. The van der Waals surface area contributed by atoms with E-state index in [4.69, 9.17) is 20.4 Å². The van der Waals surface area contributed by atoms with Crippen LogP contribution in [0.25, 0.3) is 34.0 Å². The van der Waals surface area contributed by atoms with Crippen LogP contribution in [-0.2, 0) is 10.0 Å². The van der Waals surface area contributed by atoms with Crippen LogP contribution in [-0.4, -0.2) is 69.1 Å². The van der Waals surface area contributed by atoms with Gasteiger partial charge in [0.1, 0.15) is 11.5 Å². The van der Waals surface area contributed by atoms with Gasteiger partial charge in [-0.15, -0.1) is 0 Å². The molecular formula is C27H30N8O3S. The van der Waals surface area contributed by atoms with Crippen molar-refractivity contribution in [2.75, 3.05) is 31.2 Å². The number of nitrogens with zero attached hydrogens (tertiary/aromatic N) is 5. The van der Waals surface area contributed by atoms with Gasteiger partial charge in [0.05, 0.1) is 23.7 Å². The first-order valence-electron chi connectivity index (χ1n) is 13.0. The highest BCUT2D eigenvalue weighted by molar-refractivity contribution is 7.90. The smallest absolute Gasteiger partial charge is 0.223 e. The van der Waals surface area contributed by atoms with Gasteiger partial charge >= 0.3 is 0 Å². The molecule has 4 N–H and O–H groups in total. The van der Waals surface area contributed by atoms with Crippen LogP contribution in [0.5, 0.6) is 5.75 Å². The largest absolute Gasteiger partial charge is 0.493 e. The lowest BCUT2D eigenvalue weighted by molar-refractivity contribution is 0.326. The molecule has 4 aromatic rings. The van der Waals surface area contributed by atoms with Gasteiger partial charge in [-0.1, -0.05) is 30.3 Å². The highest BCUT2D eigenvalue weighted by atomic mass is 32.2. The maximum atomic E-state index is 12.8. The summed E-state index contributed by atoms with van der Waals surface area (Å²) < 4.78 is 32.6. The Hall–Kier alpha value is -4.03. The van der Waals surface area contributed by atoms with E-state index >= 15 is 0 Å². The first kappa shape index (κ1) is 25.3. The monoisotopic (exact) mass is 546 g/mol. The highest BCUT2D eigenvalue weighted by Gasteiger charge is 2.41. The molecule has 39 heavy (non-hydrogen) atoms. The SMILES string of the molecule is COc1cc(-c2[nH]c(-c3ccccc3)nc2-c2ccnc(N[C@@H]3CCCN(S(=O)(=O)C4CC4)C3)n2)cnc1N. The van der Waals surface area contributed by atoms with Crippen LogP contribution in [0.4, 0.5) is 11.8 Å². The molecule has 0 amide bonds. The molecule has 1 saturated carbocycles. The molecule has 1 aliphatic heterocycles. The predicted molar refractivity (Wildman–Crippen MR) is 149 cm³/mol. The van der Waals surface area contributed by atoms with E-state index in [1.54, 1.807) is 29.9 Å². The average molecular weight is 547 g/mol. The van der Waals surface area contributed by atoms with E-state index in [9.17, 15) is 8.42 Å². The van der Waals surface area contributed by atoms with E-state index in [0.29, 0.717) is 53.5 Å². The molecule has 1 aliphatic carbocycles. The zero-order valence-electron chi connectivity index (χ0n) is 21.5. The number of nitrogens with two attached hydrogens (primary N) is 1. The Kier molecular flexibility index (Phi) is 6.65. The molecule has 1 aromatic carbocycles. The Balaban J connectivity index is 1.33. The lowest BCUT2D eigenvalue weighted by Crippen LogP contribution is -2.46. The fourth-order valence-corrected chi connectivity index (χ4v) is 6.79. The van der Waals surface area contributed by atoms with Crippen molar-refractivity contribution in [1.29, 1.82) is 0 Å². The summed E-state index contributed by atoms with van der Waals surface area (Å²) in [6.07, 6.45) is 6.49. The molecule has 0 radical (unpaired) electrons. The van der Waals surface area contributed by atoms with Crippen LogP contribution in [0.3, 0.4) is 0 Å². The number of methoxy groups -OCH3 is 1. The molecule has 1 saturated heterocycles. The van der Waals surface area contributed by atoms with Crippen molar-refractivity contribution in [3.05, 3.63) is 54.9 Å². The van der Waals surface area contributed by atoms with E-state index in [1.165, 1.54) is 0 Å². The molecule has 12 heteroatoms. The molecule has 1 atom stereocenters. The van der Waals surface area contributed by atoms with E-state index in [-0.39, 0.29) is 11.3 Å². The molecule has 0 bridgehead atoms. The second kappa shape index (κ2) is 10.3. The minimum Gasteiger partial charge on any atom is -0.493 e. The quantitative estimate of drug-likeness (QED) is 0.301. The number of rotatable bonds is 8. The number of sulfonamides is 1. The first-order chi connectivity index (χ1) is 18.9. The number of imidazole rings is 1. The lowest BCUT2D eigenvalue weighted by Gasteiger charge is -2.32.